The molecule has 88 valence electrons. The number of nitriles is 2. The van der Waals surface area contributed by atoms with E-state index < -0.39 is 5.41 Å². The summed E-state index contributed by atoms with van der Waals surface area (Å²) in [6, 6.07) is 7.36. The molecule has 1 aromatic rings. The molecule has 0 fully saturated rings. The predicted octanol–water partition coefficient (Wildman–Crippen LogP) is 1.97. The van der Waals surface area contributed by atoms with Gasteiger partial charge in [0, 0.05) is 12.2 Å². The monoisotopic (exact) mass is 229 g/mol. The van der Waals surface area contributed by atoms with Crippen LogP contribution in [0.3, 0.4) is 0 Å². The maximum Gasteiger partial charge on any atom is 0.268 e. The lowest BCUT2D eigenvalue weighted by Gasteiger charge is -2.17. The fraction of sp³-hybridized carbons (Fsp3) is 0.462. The molecule has 1 heterocycles. The summed E-state index contributed by atoms with van der Waals surface area (Å²) in [5.74, 6) is 0. The van der Waals surface area contributed by atoms with Crippen LogP contribution in [0, 0.1) is 35.0 Å². The van der Waals surface area contributed by atoms with Crippen LogP contribution in [0.1, 0.15) is 31.5 Å². The minimum absolute atomic E-state index is 0.144. The van der Waals surface area contributed by atoms with Gasteiger partial charge in [0.05, 0.1) is 11.5 Å². The summed E-state index contributed by atoms with van der Waals surface area (Å²) in [6.45, 7) is 5.95. The number of rotatable bonds is 3. The SMILES string of the molecule is Cc1ccc(C#N)c(=O)n1CCC(C)(C)C#N. The summed E-state index contributed by atoms with van der Waals surface area (Å²) < 4.78 is 1.55. The molecule has 4 heteroatoms. The van der Waals surface area contributed by atoms with Gasteiger partial charge in [0.15, 0.2) is 0 Å². The molecule has 0 spiro atoms. The maximum atomic E-state index is 11.9. The summed E-state index contributed by atoms with van der Waals surface area (Å²) >= 11 is 0. The molecule has 1 aromatic heterocycles. The second-order valence-corrected chi connectivity index (χ2v) is 4.70. The van der Waals surface area contributed by atoms with E-state index in [2.05, 4.69) is 6.07 Å². The minimum atomic E-state index is -0.464. The van der Waals surface area contributed by atoms with Crippen LogP contribution in [-0.4, -0.2) is 4.57 Å². The van der Waals surface area contributed by atoms with Gasteiger partial charge in [0.25, 0.3) is 5.56 Å². The third-order valence-electron chi connectivity index (χ3n) is 2.78. The average molecular weight is 229 g/mol. The van der Waals surface area contributed by atoms with Crippen LogP contribution in [-0.2, 0) is 6.54 Å². The fourth-order valence-electron chi connectivity index (χ4n) is 1.48. The Balaban J connectivity index is 3.05. The van der Waals surface area contributed by atoms with Gasteiger partial charge in [-0.25, -0.2) is 0 Å². The van der Waals surface area contributed by atoms with Crippen molar-refractivity contribution in [3.05, 3.63) is 33.7 Å². The van der Waals surface area contributed by atoms with E-state index >= 15 is 0 Å². The van der Waals surface area contributed by atoms with Crippen molar-refractivity contribution in [2.24, 2.45) is 5.41 Å². The van der Waals surface area contributed by atoms with E-state index in [4.69, 9.17) is 10.5 Å². The van der Waals surface area contributed by atoms with E-state index in [-0.39, 0.29) is 11.1 Å². The quantitative estimate of drug-likeness (QED) is 0.795. The first-order valence-electron chi connectivity index (χ1n) is 5.43. The van der Waals surface area contributed by atoms with E-state index in [1.807, 2.05) is 26.8 Å². The van der Waals surface area contributed by atoms with Crippen molar-refractivity contribution >= 4 is 0 Å². The highest BCUT2D eigenvalue weighted by Crippen LogP contribution is 2.19. The van der Waals surface area contributed by atoms with Crippen LogP contribution in [0.2, 0.25) is 0 Å². The summed E-state index contributed by atoms with van der Waals surface area (Å²) in [5, 5.41) is 17.7. The molecule has 0 N–H and O–H groups in total. The highest BCUT2D eigenvalue weighted by molar-refractivity contribution is 5.27. The van der Waals surface area contributed by atoms with Crippen LogP contribution in [0.25, 0.3) is 0 Å². The number of pyridine rings is 1. The highest BCUT2D eigenvalue weighted by atomic mass is 16.1. The molecule has 0 saturated carbocycles. The predicted molar refractivity (Wildman–Crippen MR) is 64.2 cm³/mol. The van der Waals surface area contributed by atoms with E-state index in [0.717, 1.165) is 5.69 Å². The molecule has 1 rings (SSSR count). The molecule has 0 saturated heterocycles. The van der Waals surface area contributed by atoms with Gasteiger partial charge in [-0.15, -0.1) is 0 Å². The molecule has 0 bridgehead atoms. The molecule has 0 unspecified atom stereocenters. The van der Waals surface area contributed by atoms with Crippen molar-refractivity contribution in [3.8, 4) is 12.1 Å². The zero-order valence-electron chi connectivity index (χ0n) is 10.3. The minimum Gasteiger partial charge on any atom is -0.312 e. The highest BCUT2D eigenvalue weighted by Gasteiger charge is 2.17. The number of hydrogen-bond donors (Lipinski definition) is 0. The van der Waals surface area contributed by atoms with E-state index in [1.54, 1.807) is 10.6 Å². The lowest BCUT2D eigenvalue weighted by Crippen LogP contribution is -2.26. The van der Waals surface area contributed by atoms with Gasteiger partial charge in [0.2, 0.25) is 0 Å². The lowest BCUT2D eigenvalue weighted by molar-refractivity contribution is 0.406. The molecule has 0 radical (unpaired) electrons. The first-order chi connectivity index (χ1) is 7.91. The van der Waals surface area contributed by atoms with E-state index in [1.165, 1.54) is 6.07 Å². The Bertz CT molecular complexity index is 555. The van der Waals surface area contributed by atoms with Crippen molar-refractivity contribution < 1.29 is 0 Å². The van der Waals surface area contributed by atoms with Crippen molar-refractivity contribution in [3.63, 3.8) is 0 Å². The van der Waals surface area contributed by atoms with Crippen molar-refractivity contribution in [2.45, 2.75) is 33.7 Å². The van der Waals surface area contributed by atoms with Crippen LogP contribution in [0.4, 0.5) is 0 Å². The van der Waals surface area contributed by atoms with Gasteiger partial charge >= 0.3 is 0 Å². The van der Waals surface area contributed by atoms with Crippen LogP contribution in [0.5, 0.6) is 0 Å². The Hall–Kier alpha value is -2.07. The number of nitrogens with zero attached hydrogens (tertiary/aromatic N) is 3. The van der Waals surface area contributed by atoms with Gasteiger partial charge in [-0.1, -0.05) is 0 Å². The van der Waals surface area contributed by atoms with Gasteiger partial charge in [-0.05, 0) is 39.3 Å². The molecule has 0 aliphatic rings. The maximum absolute atomic E-state index is 11.9. The Morgan fingerprint density at radius 1 is 1.35 bits per heavy atom. The number of hydrogen-bond acceptors (Lipinski definition) is 3. The molecule has 0 atom stereocenters. The largest absolute Gasteiger partial charge is 0.312 e. The smallest absolute Gasteiger partial charge is 0.268 e. The van der Waals surface area contributed by atoms with Gasteiger partial charge < -0.3 is 4.57 Å². The second kappa shape index (κ2) is 4.84. The molecule has 17 heavy (non-hydrogen) atoms. The van der Waals surface area contributed by atoms with Crippen LogP contribution in [0.15, 0.2) is 16.9 Å². The zero-order valence-corrected chi connectivity index (χ0v) is 10.3. The molecule has 0 aliphatic heterocycles. The summed E-state index contributed by atoms with van der Waals surface area (Å²) in [6.07, 6.45) is 0.582. The first-order valence-corrected chi connectivity index (χ1v) is 5.43. The molecular weight excluding hydrogens is 214 g/mol. The Labute approximate surface area is 101 Å². The van der Waals surface area contributed by atoms with E-state index in [0.29, 0.717) is 13.0 Å². The summed E-state index contributed by atoms with van der Waals surface area (Å²) in [7, 11) is 0. The van der Waals surface area contributed by atoms with Crippen LogP contribution >= 0.6 is 0 Å². The summed E-state index contributed by atoms with van der Waals surface area (Å²) in [5.41, 5.74) is 0.212. The second-order valence-electron chi connectivity index (χ2n) is 4.70. The third-order valence-corrected chi connectivity index (χ3v) is 2.78. The molecule has 0 aromatic carbocycles. The Kier molecular flexibility index (Phi) is 3.70. The average Bonchev–Trinajstić information content (AvgIpc) is 2.29. The Morgan fingerprint density at radius 2 is 2.00 bits per heavy atom. The third kappa shape index (κ3) is 2.95. The summed E-state index contributed by atoms with van der Waals surface area (Å²) in [4.78, 5) is 11.9. The Morgan fingerprint density at radius 3 is 2.53 bits per heavy atom. The van der Waals surface area contributed by atoms with Crippen molar-refractivity contribution in [2.75, 3.05) is 0 Å². The van der Waals surface area contributed by atoms with Gasteiger partial charge in [-0.2, -0.15) is 10.5 Å². The van der Waals surface area contributed by atoms with Crippen molar-refractivity contribution in [1.29, 1.82) is 10.5 Å². The van der Waals surface area contributed by atoms with Crippen molar-refractivity contribution in [1.82, 2.24) is 4.57 Å². The zero-order chi connectivity index (χ0) is 13.1. The van der Waals surface area contributed by atoms with Gasteiger partial charge in [0.1, 0.15) is 11.6 Å². The molecule has 0 aliphatic carbocycles. The fourth-order valence-corrected chi connectivity index (χ4v) is 1.48. The number of aromatic nitrogens is 1. The standard InChI is InChI=1S/C13H15N3O/c1-10-4-5-11(8-14)12(17)16(10)7-6-13(2,3)9-15/h4-5H,6-7H2,1-3H3. The van der Waals surface area contributed by atoms with Gasteiger partial charge in [-0.3, -0.25) is 4.79 Å². The normalized spacial score (nSPS) is 10.6. The van der Waals surface area contributed by atoms with E-state index in [9.17, 15) is 4.79 Å². The first kappa shape index (κ1) is 13.0. The number of aryl methyl sites for hydroxylation is 1. The lowest BCUT2D eigenvalue weighted by atomic mass is 9.91. The molecule has 4 nitrogen and oxygen atoms in total. The molecule has 0 amide bonds. The molecular formula is C13H15N3O. The van der Waals surface area contributed by atoms with Crippen LogP contribution < -0.4 is 5.56 Å². The topological polar surface area (TPSA) is 69.6 Å².